The number of carbonyl (C=O) groups excluding carboxylic acids is 2. The third-order valence-electron chi connectivity index (χ3n) is 13.4. The van der Waals surface area contributed by atoms with Crippen molar-refractivity contribution in [3.63, 3.8) is 0 Å². The Morgan fingerprint density at radius 1 is 0.943 bits per heavy atom. The number of hydrogen-bond acceptors (Lipinski definition) is 4. The van der Waals surface area contributed by atoms with Crippen molar-refractivity contribution in [2.24, 2.45) is 56.0 Å². The van der Waals surface area contributed by atoms with Crippen molar-refractivity contribution in [1.29, 1.82) is 0 Å². The van der Waals surface area contributed by atoms with E-state index < -0.39 is 5.41 Å². The van der Waals surface area contributed by atoms with Crippen LogP contribution in [0.15, 0.2) is 11.6 Å². The van der Waals surface area contributed by atoms with Crippen LogP contribution in [0.3, 0.4) is 0 Å². The number of nitrogens with two attached hydrogens (primary N) is 1. The van der Waals surface area contributed by atoms with Crippen molar-refractivity contribution in [1.82, 2.24) is 0 Å². The van der Waals surface area contributed by atoms with E-state index in [9.17, 15) is 9.59 Å². The SMILES string of the molecule is COC(=O)[C@@]1(C)CC[C@]2(C)CC[C@]3(C)C(=CC(=O)[C@@H]4[C@@]5(C)CCC(N)C(C)(C)C5CC[C@]43C)C2C1. The zero-order valence-electron chi connectivity index (χ0n) is 23.6. The number of carbonyl (C=O) groups is 2. The topological polar surface area (TPSA) is 69.4 Å². The highest BCUT2D eigenvalue weighted by Gasteiger charge is 2.70. The van der Waals surface area contributed by atoms with Gasteiger partial charge in [-0.3, -0.25) is 9.59 Å². The van der Waals surface area contributed by atoms with E-state index in [1.807, 2.05) is 0 Å². The van der Waals surface area contributed by atoms with Gasteiger partial charge in [0.05, 0.1) is 12.5 Å². The second-order valence-electron chi connectivity index (χ2n) is 15.2. The Labute approximate surface area is 213 Å². The van der Waals surface area contributed by atoms with Gasteiger partial charge in [0.25, 0.3) is 0 Å². The maximum atomic E-state index is 14.3. The highest BCUT2D eigenvalue weighted by Crippen LogP contribution is 2.75. The Morgan fingerprint density at radius 3 is 2.26 bits per heavy atom. The summed E-state index contributed by atoms with van der Waals surface area (Å²) in [5.41, 5.74) is 7.68. The van der Waals surface area contributed by atoms with E-state index in [2.05, 4.69) is 54.5 Å². The molecule has 2 N–H and O–H groups in total. The molecule has 0 spiro atoms. The first-order valence-electron chi connectivity index (χ1n) is 14.2. The Kier molecular flexibility index (Phi) is 5.43. The molecule has 0 radical (unpaired) electrons. The van der Waals surface area contributed by atoms with Gasteiger partial charge in [-0.15, -0.1) is 0 Å². The molecular formula is C31H49NO3. The quantitative estimate of drug-likeness (QED) is 0.434. The maximum Gasteiger partial charge on any atom is 0.311 e. The molecule has 0 aromatic carbocycles. The fourth-order valence-electron chi connectivity index (χ4n) is 10.6. The zero-order chi connectivity index (χ0) is 25.8. The molecule has 4 heteroatoms. The minimum absolute atomic E-state index is 0.0116. The number of allylic oxidation sites excluding steroid dienone is 2. The molecule has 0 saturated heterocycles. The molecule has 3 unspecified atom stereocenters. The van der Waals surface area contributed by atoms with E-state index in [0.717, 1.165) is 51.4 Å². The van der Waals surface area contributed by atoms with Gasteiger partial charge in [-0.25, -0.2) is 0 Å². The number of esters is 1. The van der Waals surface area contributed by atoms with Crippen LogP contribution in [0.4, 0.5) is 0 Å². The summed E-state index contributed by atoms with van der Waals surface area (Å²) in [7, 11) is 1.51. The maximum absolute atomic E-state index is 14.3. The lowest BCUT2D eigenvalue weighted by Crippen LogP contribution is -2.67. The lowest BCUT2D eigenvalue weighted by molar-refractivity contribution is -0.188. The van der Waals surface area contributed by atoms with E-state index in [0.29, 0.717) is 11.7 Å². The van der Waals surface area contributed by atoms with E-state index in [1.54, 1.807) is 0 Å². The first-order chi connectivity index (χ1) is 16.1. The molecule has 5 aliphatic carbocycles. The van der Waals surface area contributed by atoms with Crippen LogP contribution in [-0.4, -0.2) is 24.9 Å². The number of ketones is 1. The standard InChI is InChI=1S/C31H49NO3/c1-26(2)22-9-12-31(7)24(29(22,5)11-10-23(26)32)21(33)17-19-20-18-28(4,25(34)35-8)14-13-27(20,3)15-16-30(19,31)6/h17,20,22-24H,9-16,18,32H2,1-8H3/t20?,22?,23?,24-,27-,28+,29+,30-,31-/m1/s1. The number of rotatable bonds is 1. The summed E-state index contributed by atoms with van der Waals surface area (Å²) in [5.74, 6) is 1.06. The van der Waals surface area contributed by atoms with Crippen molar-refractivity contribution in [3.8, 4) is 0 Å². The Morgan fingerprint density at radius 2 is 1.60 bits per heavy atom. The Bertz CT molecular complexity index is 984. The largest absolute Gasteiger partial charge is 0.469 e. The lowest BCUT2D eigenvalue weighted by atomic mass is 9.33. The van der Waals surface area contributed by atoms with Crippen molar-refractivity contribution < 1.29 is 14.3 Å². The molecule has 4 nitrogen and oxygen atoms in total. The predicted molar refractivity (Wildman–Crippen MR) is 139 cm³/mol. The lowest BCUT2D eigenvalue weighted by Gasteiger charge is -2.70. The highest BCUT2D eigenvalue weighted by molar-refractivity contribution is 5.95. The van der Waals surface area contributed by atoms with Crippen LogP contribution in [0.5, 0.6) is 0 Å². The second-order valence-corrected chi connectivity index (χ2v) is 15.2. The normalized spacial score (nSPS) is 52.8. The van der Waals surface area contributed by atoms with Crippen molar-refractivity contribution in [2.75, 3.05) is 7.11 Å². The molecule has 0 aromatic rings. The van der Waals surface area contributed by atoms with Crippen LogP contribution < -0.4 is 5.73 Å². The van der Waals surface area contributed by atoms with E-state index in [-0.39, 0.29) is 50.9 Å². The first kappa shape index (κ1) is 25.5. The number of fused-ring (bicyclic) bond motifs is 7. The molecule has 0 amide bonds. The van der Waals surface area contributed by atoms with Crippen LogP contribution in [-0.2, 0) is 14.3 Å². The van der Waals surface area contributed by atoms with Gasteiger partial charge in [0.1, 0.15) is 0 Å². The van der Waals surface area contributed by atoms with Crippen LogP contribution >= 0.6 is 0 Å². The summed E-state index contributed by atoms with van der Waals surface area (Å²) in [5, 5.41) is 0. The first-order valence-corrected chi connectivity index (χ1v) is 14.2. The van der Waals surface area contributed by atoms with Crippen LogP contribution in [0, 0.1) is 50.2 Å². The zero-order valence-corrected chi connectivity index (χ0v) is 23.6. The Hall–Kier alpha value is -1.16. The minimum atomic E-state index is -0.466. The number of ether oxygens (including phenoxy) is 1. The Balaban J connectivity index is 1.61. The van der Waals surface area contributed by atoms with Crippen molar-refractivity contribution in [3.05, 3.63) is 11.6 Å². The molecule has 35 heavy (non-hydrogen) atoms. The van der Waals surface area contributed by atoms with Gasteiger partial charge in [0.15, 0.2) is 5.78 Å². The average Bonchev–Trinajstić information content (AvgIpc) is 2.78. The minimum Gasteiger partial charge on any atom is -0.469 e. The van der Waals surface area contributed by atoms with Crippen molar-refractivity contribution in [2.45, 2.75) is 112 Å². The van der Waals surface area contributed by atoms with Gasteiger partial charge < -0.3 is 10.5 Å². The van der Waals surface area contributed by atoms with Crippen LogP contribution in [0.25, 0.3) is 0 Å². The van der Waals surface area contributed by atoms with Gasteiger partial charge in [-0.2, -0.15) is 0 Å². The summed E-state index contributed by atoms with van der Waals surface area (Å²) in [6.07, 6.45) is 11.4. The smallest absolute Gasteiger partial charge is 0.311 e. The van der Waals surface area contributed by atoms with Gasteiger partial charge >= 0.3 is 5.97 Å². The number of methoxy groups -OCH3 is 1. The molecule has 5 rings (SSSR count). The summed E-state index contributed by atoms with van der Waals surface area (Å²) in [6, 6.07) is 0.207. The molecule has 0 aromatic heterocycles. The van der Waals surface area contributed by atoms with Crippen LogP contribution in [0.2, 0.25) is 0 Å². The van der Waals surface area contributed by atoms with E-state index in [1.165, 1.54) is 19.1 Å². The van der Waals surface area contributed by atoms with E-state index >= 15 is 0 Å². The molecule has 4 fully saturated rings. The van der Waals surface area contributed by atoms with Gasteiger partial charge in [0.2, 0.25) is 0 Å². The molecule has 0 heterocycles. The fourth-order valence-corrected chi connectivity index (χ4v) is 10.6. The molecule has 196 valence electrons. The molecule has 4 saturated carbocycles. The molecule has 5 aliphatic rings. The average molecular weight is 484 g/mol. The van der Waals surface area contributed by atoms with Gasteiger partial charge in [-0.05, 0) is 110 Å². The van der Waals surface area contributed by atoms with Gasteiger partial charge in [-0.1, -0.05) is 47.1 Å². The third-order valence-corrected chi connectivity index (χ3v) is 13.4. The van der Waals surface area contributed by atoms with Gasteiger partial charge in [0, 0.05) is 12.0 Å². The molecule has 0 aliphatic heterocycles. The summed E-state index contributed by atoms with van der Waals surface area (Å²) < 4.78 is 5.26. The summed E-state index contributed by atoms with van der Waals surface area (Å²) in [6.45, 7) is 16.6. The molecule has 9 atom stereocenters. The number of hydrogen-bond donors (Lipinski definition) is 1. The third kappa shape index (κ3) is 3.07. The van der Waals surface area contributed by atoms with Crippen molar-refractivity contribution >= 4 is 11.8 Å². The summed E-state index contributed by atoms with van der Waals surface area (Å²) >= 11 is 0. The second kappa shape index (κ2) is 7.45. The predicted octanol–water partition coefficient (Wildman–Crippen LogP) is 6.47. The van der Waals surface area contributed by atoms with E-state index in [4.69, 9.17) is 10.5 Å². The van der Waals surface area contributed by atoms with Crippen LogP contribution in [0.1, 0.15) is 106 Å². The highest BCUT2D eigenvalue weighted by atomic mass is 16.5. The molecule has 0 bridgehead atoms. The fraction of sp³-hybridized carbons (Fsp3) is 0.871. The molecular weight excluding hydrogens is 434 g/mol. The summed E-state index contributed by atoms with van der Waals surface area (Å²) in [4.78, 5) is 27.1. The monoisotopic (exact) mass is 483 g/mol.